The van der Waals surface area contributed by atoms with Gasteiger partial charge in [0.25, 0.3) is 0 Å². The van der Waals surface area contributed by atoms with Crippen molar-refractivity contribution in [2.75, 3.05) is 18.6 Å². The molecule has 53 heavy (non-hydrogen) atoms. The first-order valence-corrected chi connectivity index (χ1v) is 19.3. The van der Waals surface area contributed by atoms with Crippen LogP contribution in [-0.2, 0) is 33.5 Å². The number of nitrogens with zero attached hydrogens (tertiary/aromatic N) is 3. The Labute approximate surface area is 306 Å². The molecule has 4 bridgehead atoms. The molecule has 0 aliphatic carbocycles. The number of aliphatic carboxylic acids is 1. The summed E-state index contributed by atoms with van der Waals surface area (Å²) in [4.78, 5) is 19.2. The molecule has 1 unspecified atom stereocenters. The van der Waals surface area contributed by atoms with Gasteiger partial charge in [0.05, 0.1) is 40.0 Å². The number of halogens is 3. The fourth-order valence-corrected chi connectivity index (χ4v) is 9.75. The number of carbonyl (C=O) groups is 1. The lowest BCUT2D eigenvalue weighted by molar-refractivity contribution is -0.141. The number of H-pyrrole nitrogens is 1. The largest absolute Gasteiger partial charge is 0.481 e. The molecule has 3 heterocycles. The molecule has 0 spiro atoms. The number of carboxylic acids is 1. The van der Waals surface area contributed by atoms with Crippen molar-refractivity contribution in [2.45, 2.75) is 64.8 Å². The number of carboxylic acid groups (broad SMARTS) is 1. The molecule has 2 aromatic heterocycles. The number of aryl methyl sites for hydroxylation is 1. The summed E-state index contributed by atoms with van der Waals surface area (Å²) in [6, 6.07) is 11.9. The van der Waals surface area contributed by atoms with E-state index in [2.05, 4.69) is 10.3 Å². The molecule has 6 rings (SSSR count). The van der Waals surface area contributed by atoms with Crippen LogP contribution < -0.4 is 10.1 Å². The van der Waals surface area contributed by atoms with E-state index in [1.165, 1.54) is 29.1 Å². The molecule has 3 aromatic carbocycles. The number of nitrogens with one attached hydrogen (secondary N) is 2. The summed E-state index contributed by atoms with van der Waals surface area (Å²) in [5.41, 5.74) is 0.0508. The molecule has 3 atom stereocenters. The maximum Gasteiger partial charge on any atom is 0.306 e. The Bertz CT molecular complexity index is 2300. The van der Waals surface area contributed by atoms with Gasteiger partial charge in [0.15, 0.2) is 33.1 Å². The van der Waals surface area contributed by atoms with E-state index in [1.807, 2.05) is 45.0 Å². The van der Waals surface area contributed by atoms with Crippen molar-refractivity contribution < 1.29 is 36.2 Å². The monoisotopic (exact) mass is 751 g/mol. The number of sulfone groups is 1. The van der Waals surface area contributed by atoms with Gasteiger partial charge in [0.2, 0.25) is 5.82 Å². The summed E-state index contributed by atoms with van der Waals surface area (Å²) in [6.45, 7) is 7.37. The van der Waals surface area contributed by atoms with E-state index < -0.39 is 67.6 Å². The van der Waals surface area contributed by atoms with Crippen LogP contribution in [0.4, 0.5) is 13.2 Å². The van der Waals surface area contributed by atoms with Crippen LogP contribution in [0.5, 0.6) is 11.5 Å². The second kappa shape index (κ2) is 14.3. The predicted molar refractivity (Wildman–Crippen MR) is 196 cm³/mol. The van der Waals surface area contributed by atoms with Crippen molar-refractivity contribution in [3.05, 3.63) is 94.7 Å². The Morgan fingerprint density at radius 1 is 1.11 bits per heavy atom. The van der Waals surface area contributed by atoms with Crippen molar-refractivity contribution in [1.82, 2.24) is 25.1 Å². The van der Waals surface area contributed by atoms with E-state index in [4.69, 9.17) is 14.8 Å². The first-order chi connectivity index (χ1) is 24.9. The lowest BCUT2D eigenvalue weighted by atomic mass is 9.75. The van der Waals surface area contributed by atoms with Gasteiger partial charge in [-0.3, -0.25) is 4.79 Å². The minimum Gasteiger partial charge on any atom is -0.481 e. The lowest BCUT2D eigenvalue weighted by Crippen LogP contribution is -2.32. The number of hydrogen-bond donors (Lipinski definition) is 3. The highest BCUT2D eigenvalue weighted by molar-refractivity contribution is 7.91. The second-order valence-electron chi connectivity index (χ2n) is 15.2. The third-order valence-electron chi connectivity index (χ3n) is 10.3. The topological polar surface area (TPSA) is 139 Å². The minimum atomic E-state index is -3.82. The summed E-state index contributed by atoms with van der Waals surface area (Å²) in [7, 11) is -0.650. The number of rotatable bonds is 5. The third-order valence-corrected chi connectivity index (χ3v) is 12.4. The summed E-state index contributed by atoms with van der Waals surface area (Å²) in [6.07, 6.45) is 3.30. The first-order valence-electron chi connectivity index (χ1n) is 17.5. The normalized spacial score (nSPS) is 20.9. The Morgan fingerprint density at radius 3 is 2.58 bits per heavy atom. The number of aromatic nitrogens is 4. The van der Waals surface area contributed by atoms with Gasteiger partial charge in [0.1, 0.15) is 11.6 Å². The number of hydrogen-bond acceptors (Lipinski definition) is 7. The van der Waals surface area contributed by atoms with Crippen LogP contribution in [-0.4, -0.2) is 57.8 Å². The molecule has 1 aliphatic rings. The van der Waals surface area contributed by atoms with Gasteiger partial charge < -0.3 is 20.1 Å². The highest BCUT2D eigenvalue weighted by Gasteiger charge is 2.37. The molecule has 5 aromatic rings. The van der Waals surface area contributed by atoms with Crippen LogP contribution in [0.1, 0.15) is 75.5 Å². The fraction of sp³-hybridized carbons (Fsp3) is 0.410. The van der Waals surface area contributed by atoms with E-state index in [9.17, 15) is 18.3 Å². The average molecular weight is 752 g/mol. The Morgan fingerprint density at radius 2 is 1.87 bits per heavy atom. The van der Waals surface area contributed by atoms with E-state index in [0.717, 1.165) is 17.2 Å². The zero-order chi connectivity index (χ0) is 38.5. The number of ether oxygens (including phenoxy) is 1. The molecule has 0 saturated carbocycles. The summed E-state index contributed by atoms with van der Waals surface area (Å²) in [5, 5.41) is 17.6. The predicted octanol–water partition coefficient (Wildman–Crippen LogP) is 7.63. The van der Waals surface area contributed by atoms with Gasteiger partial charge >= 0.3 is 5.97 Å². The van der Waals surface area contributed by atoms with Crippen LogP contribution >= 0.6 is 0 Å². The van der Waals surface area contributed by atoms with E-state index in [-0.39, 0.29) is 39.4 Å². The summed E-state index contributed by atoms with van der Waals surface area (Å²) >= 11 is 0. The maximum atomic E-state index is 16.0. The molecule has 0 amide bonds. The third kappa shape index (κ3) is 7.56. The molecule has 10 nitrogen and oxygen atoms in total. The molecule has 0 radical (unpaired) electrons. The van der Waals surface area contributed by atoms with Crippen LogP contribution in [0.3, 0.4) is 0 Å². The summed E-state index contributed by atoms with van der Waals surface area (Å²) < 4.78 is 82.5. The smallest absolute Gasteiger partial charge is 0.306 e. The highest BCUT2D eigenvalue weighted by atomic mass is 32.2. The van der Waals surface area contributed by atoms with Gasteiger partial charge in [0, 0.05) is 24.2 Å². The van der Waals surface area contributed by atoms with E-state index in [1.54, 1.807) is 21.0 Å². The average Bonchev–Trinajstić information content (AvgIpc) is 3.73. The number of fused-ring (bicyclic) bond motifs is 8. The molecule has 1 aliphatic heterocycles. The van der Waals surface area contributed by atoms with Gasteiger partial charge in [-0.05, 0) is 74.0 Å². The van der Waals surface area contributed by atoms with Crippen molar-refractivity contribution in [3.8, 4) is 22.9 Å². The molecular formula is C39H44F3N5O5S. The van der Waals surface area contributed by atoms with Crippen LogP contribution in [0.2, 0.25) is 0 Å². The molecule has 282 valence electrons. The maximum absolute atomic E-state index is 16.0. The summed E-state index contributed by atoms with van der Waals surface area (Å²) in [5.74, 6) is -5.34. The highest BCUT2D eigenvalue weighted by Crippen LogP contribution is 2.43. The lowest BCUT2D eigenvalue weighted by Gasteiger charge is -2.31. The van der Waals surface area contributed by atoms with Crippen molar-refractivity contribution in [3.63, 3.8) is 0 Å². The van der Waals surface area contributed by atoms with E-state index in [0.29, 0.717) is 31.5 Å². The van der Waals surface area contributed by atoms with Crippen molar-refractivity contribution >= 4 is 26.7 Å². The van der Waals surface area contributed by atoms with E-state index >= 15 is 13.2 Å². The Balaban J connectivity index is 1.54. The zero-order valence-corrected chi connectivity index (χ0v) is 31.4. The Hall–Kier alpha value is -4.69. The first kappa shape index (κ1) is 38.0. The van der Waals surface area contributed by atoms with Gasteiger partial charge in [-0.25, -0.2) is 26.9 Å². The number of benzene rings is 3. The molecular weight excluding hydrogens is 708 g/mol. The van der Waals surface area contributed by atoms with Crippen LogP contribution in [0.15, 0.2) is 54.7 Å². The van der Waals surface area contributed by atoms with Gasteiger partial charge in [-0.15, -0.1) is 0 Å². The molecule has 14 heteroatoms. The zero-order valence-electron chi connectivity index (χ0n) is 30.6. The van der Waals surface area contributed by atoms with Crippen LogP contribution in [0.25, 0.3) is 22.3 Å². The van der Waals surface area contributed by atoms with Crippen LogP contribution in [0, 0.1) is 28.8 Å². The minimum absolute atomic E-state index is 0.00437. The van der Waals surface area contributed by atoms with Crippen molar-refractivity contribution in [2.24, 2.45) is 18.4 Å². The standard InChI is InChI=1S/C39H44F3N5O5S/c1-22(36(48)49)17-23-9-7-10-24(18-23)39(4)15-8-14-38(2,3)21-53(50,51)20-29(43-5)30-26-13-16-44-33(26)31(41)32(42)34(30)52-25-11-12-28(40)27(19-25)35-45-37(39)46-47(35)6/h7,9-13,16,18-19,22,29,43-44H,8,14-15,17,20-21H2,1-6H3,(H,48,49)/t22-,29?,39-/m1/s1. The number of aromatic amines is 1. The molecule has 0 saturated heterocycles. The Kier molecular flexibility index (Phi) is 10.2. The fourth-order valence-electron chi connectivity index (χ4n) is 7.46. The van der Waals surface area contributed by atoms with Gasteiger partial charge in [-0.1, -0.05) is 51.5 Å². The molecule has 3 N–H and O–H groups in total. The second-order valence-corrected chi connectivity index (χ2v) is 17.3. The molecule has 0 fully saturated rings. The van der Waals surface area contributed by atoms with Gasteiger partial charge in [-0.2, -0.15) is 9.49 Å². The van der Waals surface area contributed by atoms with Crippen molar-refractivity contribution in [1.29, 1.82) is 0 Å². The quantitative estimate of drug-likeness (QED) is 0.167. The SMILES string of the molecule is CNC1CS(=O)(=O)CC(C)(C)CCC[C@](C)(c2cccc(C[C@@H](C)C(=O)O)c2)c2nc(n(C)n2)-c2cc(ccc2F)Oc2c(F)c(F)c3[nH]ccc3c21.